The zero-order valence-electron chi connectivity index (χ0n) is 16.1. The number of hydrogen-bond donors (Lipinski definition) is 0. The van der Waals surface area contributed by atoms with Crippen LogP contribution in [-0.2, 0) is 9.53 Å². The maximum atomic E-state index is 11.6. The molecule has 2 heterocycles. The molecule has 1 atom stereocenters. The molecule has 0 saturated heterocycles. The Morgan fingerprint density at radius 3 is 2.82 bits per heavy atom. The number of nitrogens with zero attached hydrogens (tertiary/aromatic N) is 4. The fourth-order valence-electron chi connectivity index (χ4n) is 3.48. The van der Waals surface area contributed by atoms with E-state index in [9.17, 15) is 4.79 Å². The van der Waals surface area contributed by atoms with E-state index in [-0.39, 0.29) is 24.7 Å². The number of benzene rings is 1. The van der Waals surface area contributed by atoms with Gasteiger partial charge in [0.1, 0.15) is 12.7 Å². The van der Waals surface area contributed by atoms with Crippen LogP contribution in [0.15, 0.2) is 30.9 Å². The van der Waals surface area contributed by atoms with Gasteiger partial charge in [-0.1, -0.05) is 44.1 Å². The lowest BCUT2D eigenvalue weighted by molar-refractivity contribution is -0.151. The second-order valence-electron chi connectivity index (χ2n) is 7.10. The van der Waals surface area contributed by atoms with Crippen LogP contribution in [0, 0.1) is 11.8 Å². The number of thiazole rings is 1. The molecule has 0 N–H and O–H groups in total. The zero-order chi connectivity index (χ0) is 19.5. The Morgan fingerprint density at radius 1 is 1.32 bits per heavy atom. The minimum Gasteiger partial charge on any atom is -0.432 e. The maximum absolute atomic E-state index is 11.6. The average molecular weight is 401 g/mol. The lowest BCUT2D eigenvalue weighted by Gasteiger charge is -2.25. The van der Waals surface area contributed by atoms with E-state index in [1.165, 1.54) is 16.9 Å². The summed E-state index contributed by atoms with van der Waals surface area (Å²) in [6.45, 7) is 4.33. The molecule has 4 rings (SSSR count). The van der Waals surface area contributed by atoms with Gasteiger partial charge in [0.05, 0.1) is 22.2 Å². The summed E-state index contributed by atoms with van der Waals surface area (Å²) < 4.78 is 13.6. The van der Waals surface area contributed by atoms with Gasteiger partial charge in [0.25, 0.3) is 5.19 Å². The highest BCUT2D eigenvalue weighted by Crippen LogP contribution is 2.35. The van der Waals surface area contributed by atoms with Crippen molar-refractivity contribution >= 4 is 27.5 Å². The molecule has 1 fully saturated rings. The van der Waals surface area contributed by atoms with Crippen LogP contribution in [0.4, 0.5) is 0 Å². The molecular weight excluding hydrogens is 376 g/mol. The van der Waals surface area contributed by atoms with Crippen molar-refractivity contribution in [2.24, 2.45) is 11.8 Å². The van der Waals surface area contributed by atoms with E-state index in [2.05, 4.69) is 41.0 Å². The molecule has 1 aliphatic rings. The van der Waals surface area contributed by atoms with Gasteiger partial charge in [-0.25, -0.2) is 14.6 Å². The van der Waals surface area contributed by atoms with Gasteiger partial charge in [0.15, 0.2) is 0 Å². The highest BCUT2D eigenvalue weighted by atomic mass is 32.1. The molecule has 0 bridgehead atoms. The molecule has 0 radical (unpaired) electrons. The quantitative estimate of drug-likeness (QED) is 0.396. The van der Waals surface area contributed by atoms with Crippen LogP contribution in [0.1, 0.15) is 51.1 Å². The number of carbonyl (C=O) groups is 1. The van der Waals surface area contributed by atoms with Crippen molar-refractivity contribution in [1.29, 1.82) is 0 Å². The van der Waals surface area contributed by atoms with Gasteiger partial charge in [0.2, 0.25) is 6.79 Å². The van der Waals surface area contributed by atoms with E-state index in [4.69, 9.17) is 9.47 Å². The molecule has 1 unspecified atom stereocenters. The molecule has 7 nitrogen and oxygen atoms in total. The Hall–Kier alpha value is -2.48. The summed E-state index contributed by atoms with van der Waals surface area (Å²) in [5.74, 6) is 0.356. The smallest absolute Gasteiger partial charge is 0.311 e. The third-order valence-corrected chi connectivity index (χ3v) is 6.18. The van der Waals surface area contributed by atoms with Gasteiger partial charge in [0, 0.05) is 0 Å². The van der Waals surface area contributed by atoms with Crippen LogP contribution in [-0.4, -0.2) is 32.5 Å². The minimum absolute atomic E-state index is 0.0697. The van der Waals surface area contributed by atoms with E-state index in [0.29, 0.717) is 11.1 Å². The third-order valence-electron chi connectivity index (χ3n) is 5.25. The molecule has 28 heavy (non-hydrogen) atoms. The average Bonchev–Trinajstić information content (AvgIpc) is 3.27. The number of ether oxygens (including phenoxy) is 2. The fourth-order valence-corrected chi connectivity index (χ4v) is 4.33. The highest BCUT2D eigenvalue weighted by molar-refractivity contribution is 7.20. The second-order valence-corrected chi connectivity index (χ2v) is 8.10. The summed E-state index contributed by atoms with van der Waals surface area (Å²) >= 11 is 1.46. The fraction of sp³-hybridized carbons (Fsp3) is 0.500. The summed E-state index contributed by atoms with van der Waals surface area (Å²) in [6.07, 6.45) is 7.32. The second kappa shape index (κ2) is 8.26. The molecule has 8 heteroatoms. The molecule has 1 saturated carbocycles. The summed E-state index contributed by atoms with van der Waals surface area (Å²) in [5, 5.41) is 4.90. The molecule has 148 valence electrons. The molecule has 3 aromatic rings. The minimum atomic E-state index is -0.177. The van der Waals surface area contributed by atoms with Crippen molar-refractivity contribution in [3.05, 3.63) is 36.4 Å². The number of aromatic nitrogens is 4. The first-order chi connectivity index (χ1) is 13.7. The van der Waals surface area contributed by atoms with Gasteiger partial charge in [-0.2, -0.15) is 5.10 Å². The van der Waals surface area contributed by atoms with Crippen LogP contribution >= 0.6 is 11.3 Å². The summed E-state index contributed by atoms with van der Waals surface area (Å²) in [5.41, 5.74) is 2.06. The molecular formula is C20H24N4O3S. The number of esters is 1. The number of fused-ring (bicyclic) bond motifs is 1. The van der Waals surface area contributed by atoms with Crippen molar-refractivity contribution in [2.45, 2.75) is 45.6 Å². The number of rotatable bonds is 9. The van der Waals surface area contributed by atoms with Crippen LogP contribution in [0.25, 0.3) is 10.2 Å². The Labute approximate surface area is 167 Å². The predicted octanol–water partition coefficient (Wildman–Crippen LogP) is 4.20. The van der Waals surface area contributed by atoms with Gasteiger partial charge in [-0.05, 0) is 36.5 Å². The molecule has 0 aliphatic heterocycles. The normalized spacial score (nSPS) is 15.1. The molecule has 1 aliphatic carbocycles. The predicted molar refractivity (Wildman–Crippen MR) is 106 cm³/mol. The first-order valence-electron chi connectivity index (χ1n) is 9.73. The Balaban J connectivity index is 1.53. The van der Waals surface area contributed by atoms with Crippen molar-refractivity contribution in [2.75, 3.05) is 6.79 Å². The molecule has 2 aromatic heterocycles. The van der Waals surface area contributed by atoms with E-state index in [1.807, 2.05) is 10.7 Å². The van der Waals surface area contributed by atoms with Crippen LogP contribution < -0.4 is 4.74 Å². The third kappa shape index (κ3) is 4.01. The summed E-state index contributed by atoms with van der Waals surface area (Å²) in [6, 6.07) is 6.40. The first kappa shape index (κ1) is 18.9. The van der Waals surface area contributed by atoms with E-state index in [1.54, 1.807) is 12.7 Å². The molecule has 1 aromatic carbocycles. The number of hydrogen-bond acceptors (Lipinski definition) is 7. The van der Waals surface area contributed by atoms with Crippen LogP contribution in [0.3, 0.4) is 0 Å². The zero-order valence-corrected chi connectivity index (χ0v) is 16.9. The lowest BCUT2D eigenvalue weighted by atomic mass is 9.89. The van der Waals surface area contributed by atoms with Crippen molar-refractivity contribution < 1.29 is 14.3 Å². The van der Waals surface area contributed by atoms with Crippen molar-refractivity contribution in [1.82, 2.24) is 19.7 Å². The van der Waals surface area contributed by atoms with E-state index >= 15 is 0 Å². The van der Waals surface area contributed by atoms with Crippen molar-refractivity contribution in [3.8, 4) is 5.19 Å². The SMILES string of the molecule is CCC(CC)C(c1ccc2nc(OCOC(=O)C3CC3)sc2c1)n1cncn1. The van der Waals surface area contributed by atoms with Crippen LogP contribution in [0.5, 0.6) is 5.19 Å². The van der Waals surface area contributed by atoms with Crippen LogP contribution in [0.2, 0.25) is 0 Å². The Kier molecular flexibility index (Phi) is 5.57. The standard InChI is InChI=1S/C20H24N4O3S/c1-3-13(4-2)18(24-11-21-10-22-24)15-7-8-16-17(9-15)28-20(23-16)27-12-26-19(25)14-5-6-14/h7-11,13-14,18H,3-6,12H2,1-2H3. The number of carbonyl (C=O) groups excluding carboxylic acids is 1. The summed E-state index contributed by atoms with van der Waals surface area (Å²) in [7, 11) is 0. The highest BCUT2D eigenvalue weighted by Gasteiger charge is 2.31. The van der Waals surface area contributed by atoms with E-state index < -0.39 is 0 Å². The largest absolute Gasteiger partial charge is 0.432 e. The van der Waals surface area contributed by atoms with Gasteiger partial charge in [-0.3, -0.25) is 4.79 Å². The first-order valence-corrected chi connectivity index (χ1v) is 10.5. The van der Waals surface area contributed by atoms with Crippen molar-refractivity contribution in [3.63, 3.8) is 0 Å². The maximum Gasteiger partial charge on any atom is 0.311 e. The lowest BCUT2D eigenvalue weighted by Crippen LogP contribution is -2.20. The Bertz CT molecular complexity index is 932. The van der Waals surface area contributed by atoms with Gasteiger partial charge >= 0.3 is 5.97 Å². The summed E-state index contributed by atoms with van der Waals surface area (Å²) in [4.78, 5) is 20.2. The monoisotopic (exact) mass is 400 g/mol. The topological polar surface area (TPSA) is 79.1 Å². The van der Waals surface area contributed by atoms with E-state index in [0.717, 1.165) is 35.9 Å². The molecule has 0 amide bonds. The van der Waals surface area contributed by atoms with Gasteiger partial charge < -0.3 is 9.47 Å². The van der Waals surface area contributed by atoms with Gasteiger partial charge in [-0.15, -0.1) is 0 Å². The Morgan fingerprint density at radius 2 is 2.14 bits per heavy atom. The molecule has 0 spiro atoms.